The van der Waals surface area contributed by atoms with Gasteiger partial charge in [0.1, 0.15) is 0 Å². The lowest BCUT2D eigenvalue weighted by Gasteiger charge is -2.33. The number of imidazole rings is 1. The number of hydrogen-bond acceptors (Lipinski definition) is 4. The zero-order chi connectivity index (χ0) is 20.1. The number of aromatic nitrogens is 2. The summed E-state index contributed by atoms with van der Waals surface area (Å²) in [7, 11) is 0. The van der Waals surface area contributed by atoms with Gasteiger partial charge in [0.15, 0.2) is 0 Å². The van der Waals surface area contributed by atoms with Crippen molar-refractivity contribution < 1.29 is 13.6 Å². The molecule has 0 bridgehead atoms. The number of carbonyl (C=O) groups is 1. The van der Waals surface area contributed by atoms with Gasteiger partial charge < -0.3 is 14.0 Å². The molecule has 1 aromatic heterocycles. The van der Waals surface area contributed by atoms with Gasteiger partial charge in [-0.2, -0.15) is 0 Å². The van der Waals surface area contributed by atoms with Crippen LogP contribution in [0.5, 0.6) is 0 Å². The zero-order valence-electron chi connectivity index (χ0n) is 16.5. The van der Waals surface area contributed by atoms with Crippen molar-refractivity contribution in [2.24, 2.45) is 0 Å². The molecule has 0 N–H and O–H groups in total. The lowest BCUT2D eigenvalue weighted by atomic mass is 9.89. The Hall–Kier alpha value is -1.99. The number of likely N-dealkylation sites (tertiary alicyclic amines) is 1. The third-order valence-electron chi connectivity index (χ3n) is 5.78. The van der Waals surface area contributed by atoms with E-state index < -0.39 is 11.1 Å². The summed E-state index contributed by atoms with van der Waals surface area (Å²) in [5.41, 5.74) is 1.10. The summed E-state index contributed by atoms with van der Waals surface area (Å²) in [5, 5.41) is 0. The summed E-state index contributed by atoms with van der Waals surface area (Å²) in [5.74, 6) is 0.475. The van der Waals surface area contributed by atoms with Crippen molar-refractivity contribution >= 4 is 17.0 Å². The van der Waals surface area contributed by atoms with Gasteiger partial charge in [0, 0.05) is 42.3 Å². The van der Waals surface area contributed by atoms with Crippen molar-refractivity contribution in [3.05, 3.63) is 48.5 Å². The van der Waals surface area contributed by atoms with Crippen LogP contribution in [0.2, 0.25) is 0 Å². The summed E-state index contributed by atoms with van der Waals surface area (Å²) >= 11 is -2.21. The maximum Gasteiger partial charge on any atom is 0.222 e. The lowest BCUT2D eigenvalue weighted by molar-refractivity contribution is -0.130. The number of rotatable bonds is 9. The molecule has 0 spiro atoms. The van der Waals surface area contributed by atoms with Crippen LogP contribution in [-0.2, 0) is 15.9 Å². The van der Waals surface area contributed by atoms with Crippen LogP contribution in [0.25, 0.3) is 0 Å². The molecule has 1 amide bonds. The van der Waals surface area contributed by atoms with E-state index in [4.69, 9.17) is 0 Å². The first-order chi connectivity index (χ1) is 13.5. The molecule has 0 saturated carbocycles. The quantitative estimate of drug-likeness (QED) is 0.600. The highest BCUT2D eigenvalue weighted by Crippen LogP contribution is 2.31. The Kier molecular flexibility index (Phi) is 7.02. The maximum atomic E-state index is 12.4. The normalized spacial score (nSPS) is 18.8. The van der Waals surface area contributed by atoms with E-state index in [0.29, 0.717) is 17.4 Å². The molecule has 1 aliphatic rings. The summed E-state index contributed by atoms with van der Waals surface area (Å²) < 4.78 is 24.3. The van der Waals surface area contributed by atoms with E-state index in [1.807, 2.05) is 24.7 Å². The average Bonchev–Trinajstić information content (AvgIpc) is 3.37. The third kappa shape index (κ3) is 4.89. The second-order valence-corrected chi connectivity index (χ2v) is 8.53. The van der Waals surface area contributed by atoms with Gasteiger partial charge in [-0.3, -0.25) is 9.00 Å². The molecule has 2 heterocycles. The van der Waals surface area contributed by atoms with Crippen molar-refractivity contribution in [2.45, 2.75) is 68.8 Å². The summed E-state index contributed by atoms with van der Waals surface area (Å²) in [6, 6.07) is 7.51. The highest BCUT2D eigenvalue weighted by Gasteiger charge is 2.31. The second kappa shape index (κ2) is 9.47. The minimum Gasteiger partial charge on any atom is -0.768 e. The van der Waals surface area contributed by atoms with Crippen molar-refractivity contribution in [3.8, 4) is 0 Å². The Morgan fingerprint density at radius 1 is 1.21 bits per heavy atom. The largest absolute Gasteiger partial charge is 0.768 e. The fraction of sp³-hybridized carbons (Fsp3) is 0.524. The smallest absolute Gasteiger partial charge is 0.222 e. The number of benzene rings is 1. The Bertz CT molecular complexity index is 792. The Labute approximate surface area is 169 Å². The molecular weight excluding hydrogens is 374 g/mol. The van der Waals surface area contributed by atoms with Crippen LogP contribution < -0.4 is 0 Å². The van der Waals surface area contributed by atoms with E-state index in [9.17, 15) is 13.6 Å². The highest BCUT2D eigenvalue weighted by atomic mass is 32.2. The van der Waals surface area contributed by atoms with Crippen LogP contribution >= 0.6 is 0 Å². The molecule has 6 nitrogen and oxygen atoms in total. The van der Waals surface area contributed by atoms with Crippen LogP contribution in [0.4, 0.5) is 0 Å². The SMILES string of the molecule is CCC(CC(CC(C)c1ccc(S(=O)[O-])cc1)N1CCCC1=O)n1ccnc1. The lowest BCUT2D eigenvalue weighted by Crippen LogP contribution is -2.38. The molecule has 0 radical (unpaired) electrons. The van der Waals surface area contributed by atoms with E-state index in [2.05, 4.69) is 28.3 Å². The average molecular weight is 403 g/mol. The Morgan fingerprint density at radius 2 is 1.96 bits per heavy atom. The Morgan fingerprint density at radius 3 is 2.50 bits per heavy atom. The van der Waals surface area contributed by atoms with Gasteiger partial charge in [-0.05, 0) is 60.4 Å². The molecule has 1 fully saturated rings. The number of amides is 1. The summed E-state index contributed by atoms with van der Waals surface area (Å²) in [6.45, 7) is 5.14. The first-order valence-corrected chi connectivity index (χ1v) is 11.0. The van der Waals surface area contributed by atoms with Gasteiger partial charge in [-0.1, -0.05) is 26.0 Å². The molecule has 1 aliphatic heterocycles. The van der Waals surface area contributed by atoms with Crippen LogP contribution in [0.1, 0.15) is 63.5 Å². The fourth-order valence-electron chi connectivity index (χ4n) is 4.16. The summed E-state index contributed by atoms with van der Waals surface area (Å²) in [6.07, 6.45) is 9.93. The standard InChI is InChI=1S/C21H29N3O3S/c1-3-18(23-12-10-22-15-23)14-19(24-11-4-5-21(24)25)13-16(2)17-6-8-20(9-7-17)28(26)27/h6-10,12,15-16,18-19H,3-5,11,13-14H2,1-2H3,(H,26,27)/p-1. The molecule has 3 rings (SSSR count). The van der Waals surface area contributed by atoms with E-state index >= 15 is 0 Å². The fourth-order valence-corrected chi connectivity index (χ4v) is 4.51. The van der Waals surface area contributed by atoms with E-state index in [-0.39, 0.29) is 17.9 Å². The van der Waals surface area contributed by atoms with Gasteiger partial charge in [0.2, 0.25) is 5.91 Å². The van der Waals surface area contributed by atoms with Crippen LogP contribution in [-0.4, -0.2) is 41.7 Å². The van der Waals surface area contributed by atoms with Gasteiger partial charge in [-0.15, -0.1) is 0 Å². The van der Waals surface area contributed by atoms with Gasteiger partial charge in [0.05, 0.1) is 6.33 Å². The molecule has 28 heavy (non-hydrogen) atoms. The van der Waals surface area contributed by atoms with Gasteiger partial charge >= 0.3 is 0 Å². The molecule has 2 aromatic rings. The van der Waals surface area contributed by atoms with Crippen LogP contribution in [0, 0.1) is 0 Å². The minimum absolute atomic E-state index is 0.158. The van der Waals surface area contributed by atoms with Crippen LogP contribution in [0.15, 0.2) is 47.9 Å². The first kappa shape index (κ1) is 20.7. The van der Waals surface area contributed by atoms with Crippen molar-refractivity contribution in [3.63, 3.8) is 0 Å². The number of carbonyl (C=O) groups excluding carboxylic acids is 1. The Balaban J connectivity index is 1.76. The number of hydrogen-bond donors (Lipinski definition) is 0. The molecule has 1 aromatic carbocycles. The van der Waals surface area contributed by atoms with E-state index in [1.165, 1.54) is 0 Å². The summed E-state index contributed by atoms with van der Waals surface area (Å²) in [4.78, 5) is 19.0. The molecule has 7 heteroatoms. The second-order valence-electron chi connectivity index (χ2n) is 7.59. The van der Waals surface area contributed by atoms with Crippen molar-refractivity contribution in [1.82, 2.24) is 14.5 Å². The monoisotopic (exact) mass is 402 g/mol. The molecule has 0 aliphatic carbocycles. The maximum absolute atomic E-state index is 12.4. The zero-order valence-corrected chi connectivity index (χ0v) is 17.3. The van der Waals surface area contributed by atoms with E-state index in [0.717, 1.165) is 37.8 Å². The molecule has 152 valence electrons. The molecule has 1 saturated heterocycles. The topological polar surface area (TPSA) is 78.3 Å². The van der Waals surface area contributed by atoms with Crippen molar-refractivity contribution in [1.29, 1.82) is 0 Å². The highest BCUT2D eigenvalue weighted by molar-refractivity contribution is 7.79. The predicted octanol–water partition coefficient (Wildman–Crippen LogP) is 3.65. The van der Waals surface area contributed by atoms with Crippen molar-refractivity contribution in [2.75, 3.05) is 6.54 Å². The predicted molar refractivity (Wildman–Crippen MR) is 108 cm³/mol. The van der Waals surface area contributed by atoms with Crippen LogP contribution in [0.3, 0.4) is 0 Å². The number of nitrogens with zero attached hydrogens (tertiary/aromatic N) is 3. The van der Waals surface area contributed by atoms with E-state index in [1.54, 1.807) is 18.3 Å². The molecule has 4 atom stereocenters. The van der Waals surface area contributed by atoms with Gasteiger partial charge in [0.25, 0.3) is 0 Å². The third-order valence-corrected chi connectivity index (χ3v) is 6.44. The molecule has 4 unspecified atom stereocenters. The first-order valence-electron chi connectivity index (χ1n) is 9.95. The molecular formula is C21H28N3O3S-. The minimum atomic E-state index is -2.21. The van der Waals surface area contributed by atoms with Gasteiger partial charge in [-0.25, -0.2) is 4.98 Å².